The SMILES string of the molecule is CC(C)(C)CC(c1ccc(-c2nc3c4ccccc4c4ccccc4c3o2)cc1)C(C)(C)C. The lowest BCUT2D eigenvalue weighted by Gasteiger charge is -2.36. The van der Waals surface area contributed by atoms with Gasteiger partial charge < -0.3 is 4.42 Å². The van der Waals surface area contributed by atoms with Crippen LogP contribution in [0.3, 0.4) is 0 Å². The molecular formula is C31H33NO. The first-order chi connectivity index (χ1) is 15.6. The Morgan fingerprint density at radius 2 is 1.24 bits per heavy atom. The van der Waals surface area contributed by atoms with Gasteiger partial charge in [-0.2, -0.15) is 0 Å². The lowest BCUT2D eigenvalue weighted by Crippen LogP contribution is -2.23. The Hall–Kier alpha value is -3.13. The number of fused-ring (bicyclic) bond motifs is 6. The summed E-state index contributed by atoms with van der Waals surface area (Å²) in [7, 11) is 0. The first-order valence-corrected chi connectivity index (χ1v) is 11.9. The summed E-state index contributed by atoms with van der Waals surface area (Å²) < 4.78 is 6.41. The van der Waals surface area contributed by atoms with Crippen LogP contribution in [0.2, 0.25) is 0 Å². The first-order valence-electron chi connectivity index (χ1n) is 11.9. The number of benzene rings is 4. The van der Waals surface area contributed by atoms with E-state index in [0.29, 0.717) is 11.8 Å². The van der Waals surface area contributed by atoms with Crippen molar-refractivity contribution < 1.29 is 4.42 Å². The molecule has 1 atom stereocenters. The first kappa shape index (κ1) is 21.7. The third kappa shape index (κ3) is 4.04. The molecule has 1 unspecified atom stereocenters. The Bertz CT molecular complexity index is 1370. The Labute approximate surface area is 196 Å². The number of aromatic nitrogens is 1. The second-order valence-electron chi connectivity index (χ2n) is 11.6. The van der Waals surface area contributed by atoms with Gasteiger partial charge in [0.15, 0.2) is 5.58 Å². The monoisotopic (exact) mass is 435 g/mol. The van der Waals surface area contributed by atoms with Gasteiger partial charge in [0.2, 0.25) is 5.89 Å². The number of oxazole rings is 1. The largest absolute Gasteiger partial charge is 0.435 e. The van der Waals surface area contributed by atoms with Gasteiger partial charge in [0.1, 0.15) is 5.52 Å². The van der Waals surface area contributed by atoms with Crippen LogP contribution in [0.1, 0.15) is 59.4 Å². The highest BCUT2D eigenvalue weighted by molar-refractivity contribution is 6.22. The van der Waals surface area contributed by atoms with Crippen LogP contribution in [0.15, 0.2) is 77.2 Å². The standard InChI is InChI=1S/C31H33NO/c1-30(2,3)19-26(31(4,5)6)20-15-17-21(18-16-20)29-32-27-24-13-9-7-11-22(24)23-12-8-10-14-25(23)28(27)33-29/h7-18,26H,19H2,1-6H3. The summed E-state index contributed by atoms with van der Waals surface area (Å²) in [6.07, 6.45) is 1.15. The molecule has 0 bridgehead atoms. The van der Waals surface area contributed by atoms with Gasteiger partial charge in [0, 0.05) is 16.3 Å². The maximum absolute atomic E-state index is 6.41. The van der Waals surface area contributed by atoms with E-state index < -0.39 is 0 Å². The molecule has 4 aromatic carbocycles. The lowest BCUT2D eigenvalue weighted by atomic mass is 9.69. The number of hydrogen-bond donors (Lipinski definition) is 0. The Kier molecular flexibility index (Phi) is 5.08. The lowest BCUT2D eigenvalue weighted by molar-refractivity contribution is 0.229. The van der Waals surface area contributed by atoms with Crippen molar-refractivity contribution in [2.75, 3.05) is 0 Å². The fourth-order valence-electron chi connectivity index (χ4n) is 5.04. The van der Waals surface area contributed by atoms with Crippen molar-refractivity contribution >= 4 is 32.6 Å². The van der Waals surface area contributed by atoms with Gasteiger partial charge in [-0.25, -0.2) is 4.98 Å². The minimum absolute atomic E-state index is 0.199. The van der Waals surface area contributed by atoms with Crippen LogP contribution in [0, 0.1) is 10.8 Å². The average molecular weight is 436 g/mol. The molecule has 2 nitrogen and oxygen atoms in total. The molecule has 0 fully saturated rings. The van der Waals surface area contributed by atoms with Crippen molar-refractivity contribution in [3.05, 3.63) is 78.4 Å². The van der Waals surface area contributed by atoms with Crippen LogP contribution >= 0.6 is 0 Å². The maximum atomic E-state index is 6.41. The average Bonchev–Trinajstić information content (AvgIpc) is 3.23. The van der Waals surface area contributed by atoms with E-state index in [1.807, 2.05) is 0 Å². The van der Waals surface area contributed by atoms with Crippen molar-refractivity contribution in [1.82, 2.24) is 4.98 Å². The number of nitrogens with zero attached hydrogens (tertiary/aromatic N) is 1. The molecule has 0 amide bonds. The Morgan fingerprint density at radius 3 is 1.82 bits per heavy atom. The second kappa shape index (κ2) is 7.73. The normalized spacial score (nSPS) is 13.8. The molecule has 0 aliphatic carbocycles. The molecule has 0 saturated heterocycles. The molecule has 33 heavy (non-hydrogen) atoms. The third-order valence-corrected chi connectivity index (χ3v) is 6.69. The summed E-state index contributed by atoms with van der Waals surface area (Å²) in [5, 5.41) is 4.66. The molecule has 0 radical (unpaired) electrons. The van der Waals surface area contributed by atoms with Gasteiger partial charge in [0.05, 0.1) is 0 Å². The summed E-state index contributed by atoms with van der Waals surface area (Å²) in [5.74, 6) is 1.17. The van der Waals surface area contributed by atoms with E-state index in [-0.39, 0.29) is 10.8 Å². The molecule has 5 aromatic rings. The van der Waals surface area contributed by atoms with E-state index in [4.69, 9.17) is 9.40 Å². The molecule has 168 valence electrons. The quantitative estimate of drug-likeness (QED) is 0.264. The van der Waals surface area contributed by atoms with Crippen LogP contribution in [0.4, 0.5) is 0 Å². The zero-order valence-electron chi connectivity index (χ0n) is 20.6. The number of rotatable bonds is 3. The van der Waals surface area contributed by atoms with Crippen LogP contribution in [0.5, 0.6) is 0 Å². The maximum Gasteiger partial charge on any atom is 0.227 e. The highest BCUT2D eigenvalue weighted by atomic mass is 16.3. The fraction of sp³-hybridized carbons (Fsp3) is 0.323. The van der Waals surface area contributed by atoms with Crippen LogP contribution in [0.25, 0.3) is 44.1 Å². The zero-order valence-corrected chi connectivity index (χ0v) is 20.6. The van der Waals surface area contributed by atoms with Gasteiger partial charge in [-0.1, -0.05) is 102 Å². The van der Waals surface area contributed by atoms with E-state index >= 15 is 0 Å². The summed E-state index contributed by atoms with van der Waals surface area (Å²) >= 11 is 0. The summed E-state index contributed by atoms with van der Waals surface area (Å²) in [6.45, 7) is 14.0. The van der Waals surface area contributed by atoms with Gasteiger partial charge in [-0.15, -0.1) is 0 Å². The van der Waals surface area contributed by atoms with Gasteiger partial charge in [-0.3, -0.25) is 0 Å². The molecule has 2 heteroatoms. The molecule has 0 N–H and O–H groups in total. The van der Waals surface area contributed by atoms with Crippen molar-refractivity contribution in [2.24, 2.45) is 10.8 Å². The highest BCUT2D eigenvalue weighted by Gasteiger charge is 2.30. The zero-order chi connectivity index (χ0) is 23.4. The molecule has 0 aliphatic rings. The Balaban J connectivity index is 1.62. The van der Waals surface area contributed by atoms with Crippen LogP contribution < -0.4 is 0 Å². The molecule has 0 spiro atoms. The van der Waals surface area contributed by atoms with Crippen LogP contribution in [-0.4, -0.2) is 4.98 Å². The van der Waals surface area contributed by atoms with E-state index in [1.165, 1.54) is 16.3 Å². The predicted octanol–water partition coefficient (Wildman–Crippen LogP) is 9.37. The minimum atomic E-state index is 0.199. The van der Waals surface area contributed by atoms with Gasteiger partial charge in [0.25, 0.3) is 0 Å². The Morgan fingerprint density at radius 1 is 0.697 bits per heavy atom. The van der Waals surface area contributed by atoms with Gasteiger partial charge in [-0.05, 0) is 51.6 Å². The second-order valence-corrected chi connectivity index (χ2v) is 11.6. The molecule has 1 heterocycles. The van der Waals surface area contributed by atoms with Crippen molar-refractivity contribution in [3.8, 4) is 11.5 Å². The predicted molar refractivity (Wildman–Crippen MR) is 141 cm³/mol. The van der Waals surface area contributed by atoms with Crippen molar-refractivity contribution in [1.29, 1.82) is 0 Å². The number of hydrogen-bond acceptors (Lipinski definition) is 2. The fourth-order valence-corrected chi connectivity index (χ4v) is 5.04. The molecule has 0 aliphatic heterocycles. The van der Waals surface area contributed by atoms with E-state index in [2.05, 4.69) is 114 Å². The molecule has 0 saturated carbocycles. The summed E-state index contributed by atoms with van der Waals surface area (Å²) in [4.78, 5) is 4.98. The van der Waals surface area contributed by atoms with Crippen molar-refractivity contribution in [3.63, 3.8) is 0 Å². The summed E-state index contributed by atoms with van der Waals surface area (Å²) in [5.41, 5.74) is 4.68. The molecule has 5 rings (SSSR count). The van der Waals surface area contributed by atoms with E-state index in [0.717, 1.165) is 33.9 Å². The van der Waals surface area contributed by atoms with E-state index in [9.17, 15) is 0 Å². The molecular weight excluding hydrogens is 402 g/mol. The summed E-state index contributed by atoms with van der Waals surface area (Å²) in [6, 6.07) is 25.8. The minimum Gasteiger partial charge on any atom is -0.435 e. The van der Waals surface area contributed by atoms with E-state index in [1.54, 1.807) is 0 Å². The highest BCUT2D eigenvalue weighted by Crippen LogP contribution is 2.43. The third-order valence-electron chi connectivity index (χ3n) is 6.69. The van der Waals surface area contributed by atoms with Gasteiger partial charge >= 0.3 is 0 Å². The molecule has 1 aromatic heterocycles. The topological polar surface area (TPSA) is 26.0 Å². The smallest absolute Gasteiger partial charge is 0.227 e. The van der Waals surface area contributed by atoms with Crippen molar-refractivity contribution in [2.45, 2.75) is 53.9 Å². The van der Waals surface area contributed by atoms with Crippen LogP contribution in [-0.2, 0) is 0 Å².